The molecule has 0 aliphatic carbocycles. The second-order valence-electron chi connectivity index (χ2n) is 12.9. The number of rotatable bonds is 16. The maximum Gasteiger partial charge on any atom is 0.248 e. The Morgan fingerprint density at radius 2 is 1.77 bits per heavy atom. The zero-order chi connectivity index (χ0) is 32.2. The lowest BCUT2D eigenvalue weighted by Gasteiger charge is -2.39. The van der Waals surface area contributed by atoms with Crippen LogP contribution in [0.1, 0.15) is 66.7 Å². The molecule has 242 valence electrons. The SMILES string of the molecule is C=CCN(C(=O)[C@H]1[C@H]2C(=O)N(CCCCCCO)C(C(=O)N(CC=C)C(C)C)C23CC(C)[C@]1(C)O3)c1ccc(OCC)cc1. The molecule has 0 aromatic heterocycles. The van der Waals surface area contributed by atoms with Crippen molar-refractivity contribution in [2.75, 3.05) is 37.7 Å². The van der Waals surface area contributed by atoms with E-state index in [1.165, 1.54) is 0 Å². The van der Waals surface area contributed by atoms with Crippen molar-refractivity contribution in [2.24, 2.45) is 17.8 Å². The molecular weight excluding hydrogens is 558 g/mol. The molecule has 0 saturated carbocycles. The molecule has 3 aliphatic heterocycles. The number of fused-ring (bicyclic) bond motifs is 1. The van der Waals surface area contributed by atoms with Gasteiger partial charge in [-0.3, -0.25) is 14.4 Å². The Labute approximate surface area is 262 Å². The summed E-state index contributed by atoms with van der Waals surface area (Å²) in [5, 5.41) is 9.22. The van der Waals surface area contributed by atoms with Crippen LogP contribution in [0.5, 0.6) is 5.75 Å². The summed E-state index contributed by atoms with van der Waals surface area (Å²) in [7, 11) is 0. The van der Waals surface area contributed by atoms with Crippen LogP contribution in [0.25, 0.3) is 0 Å². The number of aliphatic hydroxyl groups excluding tert-OH is 1. The number of aliphatic hydroxyl groups is 1. The molecule has 3 amide bonds. The quantitative estimate of drug-likeness (QED) is 0.218. The highest BCUT2D eigenvalue weighted by molar-refractivity contribution is 6.03. The van der Waals surface area contributed by atoms with E-state index in [0.717, 1.165) is 12.8 Å². The molecule has 44 heavy (non-hydrogen) atoms. The van der Waals surface area contributed by atoms with E-state index in [1.807, 2.05) is 52.0 Å². The van der Waals surface area contributed by atoms with Gasteiger partial charge in [-0.1, -0.05) is 31.9 Å². The Balaban J connectivity index is 1.76. The summed E-state index contributed by atoms with van der Waals surface area (Å²) in [6, 6.07) is 6.42. The van der Waals surface area contributed by atoms with E-state index >= 15 is 0 Å². The van der Waals surface area contributed by atoms with Gasteiger partial charge >= 0.3 is 0 Å². The third-order valence-corrected chi connectivity index (χ3v) is 9.89. The smallest absolute Gasteiger partial charge is 0.248 e. The summed E-state index contributed by atoms with van der Waals surface area (Å²) in [5.41, 5.74) is -1.35. The van der Waals surface area contributed by atoms with Gasteiger partial charge in [0.1, 0.15) is 17.4 Å². The van der Waals surface area contributed by atoms with E-state index in [4.69, 9.17) is 9.47 Å². The Kier molecular flexibility index (Phi) is 10.6. The highest BCUT2D eigenvalue weighted by Crippen LogP contribution is 2.65. The lowest BCUT2D eigenvalue weighted by atomic mass is 9.62. The van der Waals surface area contributed by atoms with Crippen LogP contribution in [0.4, 0.5) is 5.69 Å². The molecule has 2 bridgehead atoms. The number of anilines is 1. The van der Waals surface area contributed by atoms with Gasteiger partial charge in [-0.05, 0) is 77.1 Å². The number of carbonyl (C=O) groups excluding carboxylic acids is 3. The van der Waals surface area contributed by atoms with Crippen LogP contribution in [-0.4, -0.2) is 88.8 Å². The number of hydrogen-bond acceptors (Lipinski definition) is 6. The third-order valence-electron chi connectivity index (χ3n) is 9.89. The van der Waals surface area contributed by atoms with E-state index in [9.17, 15) is 19.5 Å². The minimum Gasteiger partial charge on any atom is -0.494 e. The number of likely N-dealkylation sites (tertiary alicyclic amines) is 1. The number of ether oxygens (including phenoxy) is 2. The molecule has 1 aromatic carbocycles. The number of amides is 3. The third kappa shape index (κ3) is 5.81. The average molecular weight is 610 g/mol. The van der Waals surface area contributed by atoms with Crippen molar-refractivity contribution >= 4 is 23.4 Å². The van der Waals surface area contributed by atoms with Gasteiger partial charge in [-0.25, -0.2) is 0 Å². The predicted molar refractivity (Wildman–Crippen MR) is 171 cm³/mol. The van der Waals surface area contributed by atoms with Gasteiger partial charge in [0.2, 0.25) is 17.7 Å². The first-order valence-corrected chi connectivity index (χ1v) is 16.2. The first kappa shape index (κ1) is 33.7. The number of hydrogen-bond donors (Lipinski definition) is 1. The van der Waals surface area contributed by atoms with Crippen LogP contribution in [0.15, 0.2) is 49.6 Å². The van der Waals surface area contributed by atoms with Gasteiger partial charge in [0.15, 0.2) is 0 Å². The molecule has 3 heterocycles. The van der Waals surface area contributed by atoms with E-state index in [-0.39, 0.29) is 42.8 Å². The molecule has 3 saturated heterocycles. The Morgan fingerprint density at radius 1 is 1.11 bits per heavy atom. The lowest BCUT2D eigenvalue weighted by molar-refractivity contribution is -0.153. The number of unbranched alkanes of at least 4 members (excludes halogenated alkanes) is 3. The summed E-state index contributed by atoms with van der Waals surface area (Å²) in [4.78, 5) is 48.9. The minimum absolute atomic E-state index is 0.0573. The summed E-state index contributed by atoms with van der Waals surface area (Å²) in [5.74, 6) is -1.45. The minimum atomic E-state index is -1.11. The molecule has 6 atom stereocenters. The van der Waals surface area contributed by atoms with Crippen LogP contribution in [0.2, 0.25) is 0 Å². The zero-order valence-electron chi connectivity index (χ0n) is 27.2. The van der Waals surface area contributed by atoms with Crippen molar-refractivity contribution in [3.63, 3.8) is 0 Å². The summed E-state index contributed by atoms with van der Waals surface area (Å²) >= 11 is 0. The largest absolute Gasteiger partial charge is 0.494 e. The van der Waals surface area contributed by atoms with E-state index in [1.54, 1.807) is 26.9 Å². The van der Waals surface area contributed by atoms with Gasteiger partial charge in [0, 0.05) is 38.0 Å². The maximum absolute atomic E-state index is 14.7. The fourth-order valence-corrected chi connectivity index (χ4v) is 7.74. The zero-order valence-corrected chi connectivity index (χ0v) is 27.2. The monoisotopic (exact) mass is 609 g/mol. The fourth-order valence-electron chi connectivity index (χ4n) is 7.74. The second kappa shape index (κ2) is 13.9. The van der Waals surface area contributed by atoms with Crippen LogP contribution in [0, 0.1) is 17.8 Å². The van der Waals surface area contributed by atoms with Gasteiger partial charge in [-0.15, -0.1) is 13.2 Å². The standard InChI is InChI=1S/C35H51N3O6/c1-8-19-36(24(4)5)33(42)30-35-23-25(6)34(7,44-35)28(29(35)32(41)38(30)21-13-11-12-14-22-39)31(40)37(20-9-2)26-15-17-27(18-16-26)43-10-3/h8-9,15-18,24-25,28-30,39H,1-2,10-14,19-23H2,3-7H3/t25?,28-,29+,30?,34+,35?/m1/s1. The number of carbonyl (C=O) groups is 3. The Morgan fingerprint density at radius 3 is 2.36 bits per heavy atom. The molecule has 3 unspecified atom stereocenters. The van der Waals surface area contributed by atoms with Crippen LogP contribution < -0.4 is 9.64 Å². The van der Waals surface area contributed by atoms with Crippen LogP contribution >= 0.6 is 0 Å². The summed E-state index contributed by atoms with van der Waals surface area (Å²) in [6.45, 7) is 19.3. The predicted octanol–water partition coefficient (Wildman–Crippen LogP) is 4.59. The van der Waals surface area contributed by atoms with E-state index in [0.29, 0.717) is 50.4 Å². The van der Waals surface area contributed by atoms with Gasteiger partial charge < -0.3 is 29.3 Å². The number of benzene rings is 1. The van der Waals surface area contributed by atoms with E-state index in [2.05, 4.69) is 20.1 Å². The first-order chi connectivity index (χ1) is 21.0. The molecule has 9 nitrogen and oxygen atoms in total. The van der Waals surface area contributed by atoms with Crippen molar-refractivity contribution in [1.82, 2.24) is 9.80 Å². The van der Waals surface area contributed by atoms with Crippen molar-refractivity contribution in [3.05, 3.63) is 49.6 Å². The normalized spacial score (nSPS) is 28.7. The molecule has 3 aliphatic rings. The lowest BCUT2D eigenvalue weighted by Crippen LogP contribution is -2.58. The molecule has 1 aromatic rings. The van der Waals surface area contributed by atoms with Crippen LogP contribution in [0.3, 0.4) is 0 Å². The molecule has 4 rings (SSSR count). The van der Waals surface area contributed by atoms with Crippen molar-refractivity contribution < 1.29 is 29.0 Å². The summed E-state index contributed by atoms with van der Waals surface area (Å²) in [6.07, 6.45) is 6.96. The number of nitrogens with zero attached hydrogens (tertiary/aromatic N) is 3. The van der Waals surface area contributed by atoms with Gasteiger partial charge in [0.05, 0.1) is 24.0 Å². The van der Waals surface area contributed by atoms with Gasteiger partial charge in [-0.2, -0.15) is 0 Å². The van der Waals surface area contributed by atoms with E-state index < -0.39 is 29.1 Å². The fraction of sp³-hybridized carbons (Fsp3) is 0.629. The second-order valence-corrected chi connectivity index (χ2v) is 12.9. The Hall–Kier alpha value is -3.17. The van der Waals surface area contributed by atoms with Crippen molar-refractivity contribution in [3.8, 4) is 5.75 Å². The topological polar surface area (TPSA) is 99.6 Å². The van der Waals surface area contributed by atoms with Crippen LogP contribution in [-0.2, 0) is 19.1 Å². The van der Waals surface area contributed by atoms with Crippen molar-refractivity contribution in [2.45, 2.75) is 90.0 Å². The molecule has 0 radical (unpaired) electrons. The highest BCUT2D eigenvalue weighted by atomic mass is 16.5. The molecule has 1 N–H and O–H groups in total. The summed E-state index contributed by atoms with van der Waals surface area (Å²) < 4.78 is 12.6. The first-order valence-electron chi connectivity index (χ1n) is 16.2. The highest BCUT2D eigenvalue weighted by Gasteiger charge is 2.80. The Bertz CT molecular complexity index is 1220. The molecule has 3 fully saturated rings. The van der Waals surface area contributed by atoms with Gasteiger partial charge in [0.25, 0.3) is 0 Å². The maximum atomic E-state index is 14.7. The molecule has 1 spiro atoms. The van der Waals surface area contributed by atoms with Crippen molar-refractivity contribution in [1.29, 1.82) is 0 Å². The average Bonchev–Trinajstić information content (AvgIpc) is 3.50. The molecular formula is C35H51N3O6. The molecule has 9 heteroatoms.